The first-order valence-electron chi connectivity index (χ1n) is 6.51. The van der Waals surface area contributed by atoms with Gasteiger partial charge < -0.3 is 10.5 Å². The highest BCUT2D eigenvalue weighted by Crippen LogP contribution is 2.30. The fraction of sp³-hybridized carbons (Fsp3) is 0.357. The van der Waals surface area contributed by atoms with E-state index in [4.69, 9.17) is 23.2 Å². The number of hydrogen-bond acceptors (Lipinski definition) is 3. The van der Waals surface area contributed by atoms with Crippen molar-refractivity contribution in [3.8, 4) is 5.75 Å². The number of allylic oxidation sites excluding steroid dienone is 2. The van der Waals surface area contributed by atoms with Crippen molar-refractivity contribution < 1.29 is 9.90 Å². The van der Waals surface area contributed by atoms with Gasteiger partial charge in [0.2, 0.25) is 0 Å². The first kappa shape index (κ1) is 15.0. The van der Waals surface area contributed by atoms with E-state index in [9.17, 15) is 9.90 Å². The molecule has 0 aliphatic heterocycles. The molecule has 3 N–H and O–H groups in total. The number of phenols is 1. The summed E-state index contributed by atoms with van der Waals surface area (Å²) in [6.07, 6.45) is 7.46. The second-order valence-corrected chi connectivity index (χ2v) is 5.54. The number of rotatable bonds is 3. The number of amides is 1. The van der Waals surface area contributed by atoms with Crippen LogP contribution in [-0.2, 0) is 0 Å². The van der Waals surface area contributed by atoms with Crippen molar-refractivity contribution in [1.29, 1.82) is 0 Å². The lowest BCUT2D eigenvalue weighted by Gasteiger charge is -2.12. The van der Waals surface area contributed by atoms with Gasteiger partial charge in [0.25, 0.3) is 5.91 Å². The van der Waals surface area contributed by atoms with Gasteiger partial charge in [-0.05, 0) is 37.8 Å². The lowest BCUT2D eigenvalue weighted by molar-refractivity contribution is 0.0935. The van der Waals surface area contributed by atoms with Crippen molar-refractivity contribution in [2.45, 2.75) is 32.1 Å². The Morgan fingerprint density at radius 3 is 2.80 bits per heavy atom. The van der Waals surface area contributed by atoms with Gasteiger partial charge >= 0.3 is 0 Å². The Balaban J connectivity index is 2.03. The normalized spacial score (nSPS) is 15.2. The Bertz CT molecular complexity index is 544. The van der Waals surface area contributed by atoms with Gasteiger partial charge in [0.1, 0.15) is 5.75 Å². The molecule has 1 amide bonds. The number of nitrogens with one attached hydrogen (secondary N) is 2. The summed E-state index contributed by atoms with van der Waals surface area (Å²) in [4.78, 5) is 12.0. The first-order valence-corrected chi connectivity index (χ1v) is 7.27. The summed E-state index contributed by atoms with van der Waals surface area (Å²) < 4.78 is 0. The number of benzene rings is 1. The Hall–Kier alpha value is -1.39. The van der Waals surface area contributed by atoms with Crippen LogP contribution in [0.2, 0.25) is 10.0 Å². The zero-order valence-corrected chi connectivity index (χ0v) is 12.4. The maximum absolute atomic E-state index is 12.0. The minimum absolute atomic E-state index is 0.0456. The zero-order chi connectivity index (χ0) is 14.5. The molecule has 108 valence electrons. The number of hydrazine groups is 1. The lowest BCUT2D eigenvalue weighted by Crippen LogP contribution is -2.36. The van der Waals surface area contributed by atoms with Crippen LogP contribution in [-0.4, -0.2) is 11.0 Å². The van der Waals surface area contributed by atoms with Crippen LogP contribution in [0.4, 0.5) is 0 Å². The SMILES string of the molecule is O=C(NNC1=CCCCCC1)c1cc(Cl)cc(Cl)c1O. The van der Waals surface area contributed by atoms with E-state index >= 15 is 0 Å². The maximum atomic E-state index is 12.0. The fourth-order valence-electron chi connectivity index (χ4n) is 2.07. The monoisotopic (exact) mass is 314 g/mol. The highest BCUT2D eigenvalue weighted by atomic mass is 35.5. The third-order valence-corrected chi connectivity index (χ3v) is 3.66. The van der Waals surface area contributed by atoms with Crippen LogP contribution in [0.1, 0.15) is 42.5 Å². The summed E-state index contributed by atoms with van der Waals surface area (Å²) in [5.41, 5.74) is 6.48. The van der Waals surface area contributed by atoms with Crippen LogP contribution in [0.5, 0.6) is 5.75 Å². The Labute approximate surface area is 127 Å². The first-order chi connectivity index (χ1) is 9.58. The van der Waals surface area contributed by atoms with Crippen molar-refractivity contribution in [2.75, 3.05) is 0 Å². The van der Waals surface area contributed by atoms with Crippen LogP contribution in [0.3, 0.4) is 0 Å². The molecular formula is C14H16Cl2N2O2. The lowest BCUT2D eigenvalue weighted by atomic mass is 10.2. The second-order valence-electron chi connectivity index (χ2n) is 4.69. The predicted octanol–water partition coefficient (Wildman–Crippen LogP) is 3.78. The average Bonchev–Trinajstić information content (AvgIpc) is 2.68. The molecule has 0 unspecified atom stereocenters. The molecule has 0 spiro atoms. The number of phenolic OH excluding ortho intramolecular Hbond substituents is 1. The largest absolute Gasteiger partial charge is 0.506 e. The van der Waals surface area contributed by atoms with Crippen LogP contribution in [0, 0.1) is 0 Å². The second kappa shape index (κ2) is 6.86. The van der Waals surface area contributed by atoms with E-state index in [2.05, 4.69) is 16.9 Å². The van der Waals surface area contributed by atoms with E-state index in [1.807, 2.05) is 0 Å². The molecule has 6 heteroatoms. The molecule has 1 aliphatic carbocycles. The molecular weight excluding hydrogens is 299 g/mol. The van der Waals surface area contributed by atoms with Gasteiger partial charge in [-0.2, -0.15) is 0 Å². The molecule has 0 heterocycles. The van der Waals surface area contributed by atoms with Gasteiger partial charge in [-0.25, -0.2) is 0 Å². The molecule has 0 bridgehead atoms. The summed E-state index contributed by atoms with van der Waals surface area (Å²) in [5, 5.41) is 10.1. The summed E-state index contributed by atoms with van der Waals surface area (Å²) in [7, 11) is 0. The molecule has 20 heavy (non-hydrogen) atoms. The molecule has 0 saturated carbocycles. The fourth-order valence-corrected chi connectivity index (χ4v) is 2.57. The average molecular weight is 315 g/mol. The summed E-state index contributed by atoms with van der Waals surface area (Å²) >= 11 is 11.6. The molecule has 0 atom stereocenters. The molecule has 2 rings (SSSR count). The minimum atomic E-state index is -0.475. The molecule has 1 aliphatic rings. The van der Waals surface area contributed by atoms with Gasteiger partial charge in [-0.1, -0.05) is 35.7 Å². The van der Waals surface area contributed by atoms with Crippen LogP contribution in [0.25, 0.3) is 0 Å². The molecule has 0 aromatic heterocycles. The third kappa shape index (κ3) is 3.81. The highest BCUT2D eigenvalue weighted by Gasteiger charge is 2.15. The predicted molar refractivity (Wildman–Crippen MR) is 79.9 cm³/mol. The quantitative estimate of drug-likeness (QED) is 0.744. The van der Waals surface area contributed by atoms with E-state index in [0.29, 0.717) is 5.02 Å². The molecule has 0 saturated heterocycles. The Morgan fingerprint density at radius 2 is 2.00 bits per heavy atom. The smallest absolute Gasteiger partial charge is 0.273 e. The number of aromatic hydroxyl groups is 1. The van der Waals surface area contributed by atoms with Crippen LogP contribution < -0.4 is 10.9 Å². The molecule has 4 nitrogen and oxygen atoms in total. The van der Waals surface area contributed by atoms with Crippen molar-refractivity contribution in [3.05, 3.63) is 39.5 Å². The van der Waals surface area contributed by atoms with Gasteiger partial charge in [0.05, 0.1) is 10.6 Å². The van der Waals surface area contributed by atoms with Gasteiger partial charge in [0.15, 0.2) is 0 Å². The Morgan fingerprint density at radius 1 is 1.20 bits per heavy atom. The van der Waals surface area contributed by atoms with Crippen molar-refractivity contribution >= 4 is 29.1 Å². The van der Waals surface area contributed by atoms with E-state index in [-0.39, 0.29) is 16.3 Å². The zero-order valence-electron chi connectivity index (χ0n) is 10.9. The minimum Gasteiger partial charge on any atom is -0.506 e. The Kier molecular flexibility index (Phi) is 5.15. The van der Waals surface area contributed by atoms with Gasteiger partial charge in [0, 0.05) is 10.7 Å². The maximum Gasteiger partial charge on any atom is 0.273 e. The molecule has 0 radical (unpaired) electrons. The highest BCUT2D eigenvalue weighted by molar-refractivity contribution is 6.36. The third-order valence-electron chi connectivity index (χ3n) is 3.15. The molecule has 0 fully saturated rings. The number of halogens is 2. The van der Waals surface area contributed by atoms with E-state index < -0.39 is 5.91 Å². The van der Waals surface area contributed by atoms with E-state index in [1.54, 1.807) is 0 Å². The molecule has 1 aromatic rings. The topological polar surface area (TPSA) is 61.4 Å². The van der Waals surface area contributed by atoms with Crippen molar-refractivity contribution in [2.24, 2.45) is 0 Å². The number of carbonyl (C=O) groups is 1. The van der Waals surface area contributed by atoms with Crippen LogP contribution in [0.15, 0.2) is 23.9 Å². The summed E-state index contributed by atoms with van der Waals surface area (Å²) in [5.74, 6) is -0.748. The van der Waals surface area contributed by atoms with Crippen molar-refractivity contribution in [1.82, 2.24) is 10.9 Å². The van der Waals surface area contributed by atoms with Gasteiger partial charge in [-0.3, -0.25) is 10.2 Å². The number of carbonyl (C=O) groups excluding carboxylic acids is 1. The molecule has 1 aromatic carbocycles. The van der Waals surface area contributed by atoms with E-state index in [1.165, 1.54) is 25.0 Å². The summed E-state index contributed by atoms with van der Waals surface area (Å²) in [6, 6.07) is 2.76. The van der Waals surface area contributed by atoms with Crippen molar-refractivity contribution in [3.63, 3.8) is 0 Å². The van der Waals surface area contributed by atoms with E-state index in [0.717, 1.165) is 25.0 Å². The number of hydrogen-bond donors (Lipinski definition) is 3. The summed E-state index contributed by atoms with van der Waals surface area (Å²) in [6.45, 7) is 0. The standard InChI is InChI=1S/C14H16Cl2N2O2/c15-9-7-11(13(19)12(16)8-9)14(20)18-17-10-5-3-1-2-4-6-10/h5,7-8,17,19H,1-4,6H2,(H,18,20). The van der Waals surface area contributed by atoms with Gasteiger partial charge in [-0.15, -0.1) is 0 Å². The van der Waals surface area contributed by atoms with Crippen LogP contribution >= 0.6 is 23.2 Å².